The number of aromatic nitrogens is 2. The minimum absolute atomic E-state index is 0.0789. The van der Waals surface area contributed by atoms with Crippen LogP contribution >= 0.6 is 0 Å². The highest BCUT2D eigenvalue weighted by Gasteiger charge is 2.19. The molecule has 1 saturated heterocycles. The summed E-state index contributed by atoms with van der Waals surface area (Å²) in [4.78, 5) is 14.3. The number of nitriles is 1. The van der Waals surface area contributed by atoms with E-state index in [-0.39, 0.29) is 11.8 Å². The topological polar surface area (TPSA) is 111 Å². The smallest absolute Gasteiger partial charge is 0.317 e. The molecule has 2 rings (SSSR count). The normalized spacial score (nSPS) is 17.5. The van der Waals surface area contributed by atoms with Crippen molar-refractivity contribution in [3.8, 4) is 6.07 Å². The number of H-pyrrole nitrogens is 1. The van der Waals surface area contributed by atoms with Gasteiger partial charge in [-0.3, -0.25) is 5.10 Å². The van der Waals surface area contributed by atoms with Crippen LogP contribution in [0, 0.1) is 17.2 Å². The van der Waals surface area contributed by atoms with Gasteiger partial charge in [-0.1, -0.05) is 26.2 Å². The van der Waals surface area contributed by atoms with Crippen LogP contribution in [0.2, 0.25) is 0 Å². The second kappa shape index (κ2) is 10.7. The van der Waals surface area contributed by atoms with E-state index < -0.39 is 0 Å². The van der Waals surface area contributed by atoms with E-state index in [0.717, 1.165) is 63.2 Å². The SMILES string of the molecule is CCCC1CCCN(C(=O)NCCCCCc2[nH]nc(N)c2C#N)CC1. The van der Waals surface area contributed by atoms with Gasteiger partial charge in [-0.15, -0.1) is 0 Å². The van der Waals surface area contributed by atoms with Crippen LogP contribution in [0.15, 0.2) is 0 Å². The van der Waals surface area contributed by atoms with Gasteiger partial charge in [0.2, 0.25) is 0 Å². The number of nitrogen functional groups attached to an aromatic ring is 1. The number of nitrogens with two attached hydrogens (primary N) is 1. The van der Waals surface area contributed by atoms with Crippen molar-refractivity contribution in [2.45, 2.75) is 64.7 Å². The number of nitrogens with zero attached hydrogens (tertiary/aromatic N) is 3. The van der Waals surface area contributed by atoms with E-state index in [1.54, 1.807) is 0 Å². The van der Waals surface area contributed by atoms with Crippen LogP contribution in [0.25, 0.3) is 0 Å². The quantitative estimate of drug-likeness (QED) is 0.618. The molecule has 0 radical (unpaired) electrons. The first-order valence-electron chi connectivity index (χ1n) is 9.91. The maximum Gasteiger partial charge on any atom is 0.317 e. The number of likely N-dealkylation sites (tertiary alicyclic amines) is 1. The van der Waals surface area contributed by atoms with Crippen molar-refractivity contribution in [2.75, 3.05) is 25.4 Å². The fourth-order valence-corrected chi connectivity index (χ4v) is 3.68. The number of aryl methyl sites for hydroxylation is 1. The molecular weight excluding hydrogens is 328 g/mol. The lowest BCUT2D eigenvalue weighted by atomic mass is 9.96. The second-order valence-corrected chi connectivity index (χ2v) is 7.19. The maximum atomic E-state index is 12.3. The number of rotatable bonds is 8. The molecule has 1 aromatic heterocycles. The number of anilines is 1. The molecule has 0 bridgehead atoms. The van der Waals surface area contributed by atoms with E-state index in [1.807, 2.05) is 4.90 Å². The number of carbonyl (C=O) groups is 1. The van der Waals surface area contributed by atoms with Crippen LogP contribution in [0.3, 0.4) is 0 Å². The molecule has 0 spiro atoms. The number of urea groups is 1. The van der Waals surface area contributed by atoms with Crippen molar-refractivity contribution in [1.29, 1.82) is 5.26 Å². The molecule has 144 valence electrons. The Morgan fingerprint density at radius 3 is 3.00 bits per heavy atom. The Bertz CT molecular complexity index is 606. The molecule has 0 aliphatic carbocycles. The van der Waals surface area contributed by atoms with Crippen molar-refractivity contribution in [3.05, 3.63) is 11.3 Å². The average molecular weight is 361 g/mol. The van der Waals surface area contributed by atoms with Crippen LogP contribution in [-0.4, -0.2) is 40.8 Å². The first kappa shape index (κ1) is 20.1. The average Bonchev–Trinajstić information content (AvgIpc) is 2.83. The predicted octanol–water partition coefficient (Wildman–Crippen LogP) is 3.19. The largest absolute Gasteiger partial charge is 0.381 e. The van der Waals surface area contributed by atoms with E-state index in [1.165, 1.54) is 19.3 Å². The maximum absolute atomic E-state index is 12.3. The van der Waals surface area contributed by atoms with E-state index in [2.05, 4.69) is 28.5 Å². The summed E-state index contributed by atoms with van der Waals surface area (Å²) < 4.78 is 0. The molecule has 2 amide bonds. The van der Waals surface area contributed by atoms with Gasteiger partial charge in [-0.2, -0.15) is 10.4 Å². The predicted molar refractivity (Wildman–Crippen MR) is 102 cm³/mol. The molecule has 0 aromatic carbocycles. The summed E-state index contributed by atoms with van der Waals surface area (Å²) in [5.41, 5.74) is 6.89. The Morgan fingerprint density at radius 1 is 1.38 bits per heavy atom. The first-order chi connectivity index (χ1) is 12.7. The van der Waals surface area contributed by atoms with Gasteiger partial charge >= 0.3 is 6.03 Å². The lowest BCUT2D eigenvalue weighted by Crippen LogP contribution is -2.40. The number of amides is 2. The van der Waals surface area contributed by atoms with E-state index in [0.29, 0.717) is 12.1 Å². The van der Waals surface area contributed by atoms with Crippen LogP contribution in [0.1, 0.15) is 69.5 Å². The molecule has 1 aromatic rings. The van der Waals surface area contributed by atoms with Gasteiger partial charge in [-0.05, 0) is 44.4 Å². The molecule has 7 heteroatoms. The molecule has 1 unspecified atom stereocenters. The number of hydrogen-bond acceptors (Lipinski definition) is 4. The molecule has 7 nitrogen and oxygen atoms in total. The highest BCUT2D eigenvalue weighted by Crippen LogP contribution is 2.21. The lowest BCUT2D eigenvalue weighted by molar-refractivity contribution is 0.199. The number of nitrogens with one attached hydrogen (secondary N) is 2. The summed E-state index contributed by atoms with van der Waals surface area (Å²) in [6.45, 7) is 4.70. The van der Waals surface area contributed by atoms with Gasteiger partial charge in [0, 0.05) is 19.6 Å². The standard InChI is InChI=1S/C19H32N6O/c1-2-7-15-8-6-12-25(13-10-15)19(26)22-11-5-3-4-9-17-16(14-20)18(21)24-23-17/h15H,2-13H2,1H3,(H,22,26)(H3,21,23,24). The summed E-state index contributed by atoms with van der Waals surface area (Å²) in [7, 11) is 0. The highest BCUT2D eigenvalue weighted by atomic mass is 16.2. The monoisotopic (exact) mass is 360 g/mol. The third kappa shape index (κ3) is 5.94. The van der Waals surface area contributed by atoms with E-state index >= 15 is 0 Å². The number of unbranched alkanes of at least 4 members (excludes halogenated alkanes) is 2. The molecule has 0 saturated carbocycles. The number of carbonyl (C=O) groups excluding carboxylic acids is 1. The highest BCUT2D eigenvalue weighted by molar-refractivity contribution is 5.74. The Labute approximate surface area is 156 Å². The Balaban J connectivity index is 1.59. The van der Waals surface area contributed by atoms with Crippen molar-refractivity contribution in [3.63, 3.8) is 0 Å². The van der Waals surface area contributed by atoms with Gasteiger partial charge in [0.1, 0.15) is 11.6 Å². The third-order valence-corrected chi connectivity index (χ3v) is 5.19. The zero-order chi connectivity index (χ0) is 18.8. The summed E-state index contributed by atoms with van der Waals surface area (Å²) >= 11 is 0. The van der Waals surface area contributed by atoms with Crippen LogP contribution in [0.4, 0.5) is 10.6 Å². The van der Waals surface area contributed by atoms with Crippen molar-refractivity contribution >= 4 is 11.8 Å². The fourth-order valence-electron chi connectivity index (χ4n) is 3.68. The minimum atomic E-state index is 0.0789. The summed E-state index contributed by atoms with van der Waals surface area (Å²) in [5.74, 6) is 1.06. The van der Waals surface area contributed by atoms with Gasteiger partial charge in [0.05, 0.1) is 5.69 Å². The first-order valence-corrected chi connectivity index (χ1v) is 9.91. The Hall–Kier alpha value is -2.23. The van der Waals surface area contributed by atoms with E-state index in [4.69, 9.17) is 11.0 Å². The molecule has 1 aliphatic rings. The van der Waals surface area contributed by atoms with Gasteiger partial charge in [0.15, 0.2) is 5.82 Å². The van der Waals surface area contributed by atoms with E-state index in [9.17, 15) is 4.79 Å². The minimum Gasteiger partial charge on any atom is -0.381 e. The zero-order valence-corrected chi connectivity index (χ0v) is 15.9. The van der Waals surface area contributed by atoms with Crippen LogP contribution < -0.4 is 11.1 Å². The lowest BCUT2D eigenvalue weighted by Gasteiger charge is -2.21. The summed E-state index contributed by atoms with van der Waals surface area (Å²) in [5, 5.41) is 18.8. The van der Waals surface area contributed by atoms with Crippen molar-refractivity contribution in [1.82, 2.24) is 20.4 Å². The fraction of sp³-hybridized carbons (Fsp3) is 0.737. The molecule has 2 heterocycles. The molecule has 1 aliphatic heterocycles. The third-order valence-electron chi connectivity index (χ3n) is 5.19. The molecule has 4 N–H and O–H groups in total. The van der Waals surface area contributed by atoms with Crippen LogP contribution in [-0.2, 0) is 6.42 Å². The van der Waals surface area contributed by atoms with Gasteiger partial charge < -0.3 is 16.0 Å². The van der Waals surface area contributed by atoms with Crippen molar-refractivity contribution in [2.24, 2.45) is 5.92 Å². The molecule has 1 atom stereocenters. The molecule has 1 fully saturated rings. The second-order valence-electron chi connectivity index (χ2n) is 7.19. The summed E-state index contributed by atoms with van der Waals surface area (Å²) in [6, 6.07) is 2.16. The van der Waals surface area contributed by atoms with Crippen LogP contribution in [0.5, 0.6) is 0 Å². The molecule has 26 heavy (non-hydrogen) atoms. The van der Waals surface area contributed by atoms with Gasteiger partial charge in [-0.25, -0.2) is 4.79 Å². The number of aromatic amines is 1. The Kier molecular flexibility index (Phi) is 8.26. The zero-order valence-electron chi connectivity index (χ0n) is 15.9. The summed E-state index contributed by atoms with van der Waals surface area (Å²) in [6.07, 6.45) is 9.64. The number of hydrogen-bond donors (Lipinski definition) is 3. The van der Waals surface area contributed by atoms with Gasteiger partial charge in [0.25, 0.3) is 0 Å². The molecular formula is C19H32N6O. The van der Waals surface area contributed by atoms with Crippen molar-refractivity contribution < 1.29 is 4.79 Å². The Morgan fingerprint density at radius 2 is 2.23 bits per heavy atom.